The number of rotatable bonds is 6. The summed E-state index contributed by atoms with van der Waals surface area (Å²) in [5.41, 5.74) is 3.50. The first kappa shape index (κ1) is 19.8. The van der Waals surface area contributed by atoms with Gasteiger partial charge in [0.1, 0.15) is 0 Å². The maximum absolute atomic E-state index is 12.7. The number of carbonyl (C=O) groups excluding carboxylic acids is 2. The Kier molecular flexibility index (Phi) is 5.90. The summed E-state index contributed by atoms with van der Waals surface area (Å²) in [5.74, 6) is 0.0520. The van der Waals surface area contributed by atoms with Crippen LogP contribution in [-0.4, -0.2) is 47.5 Å². The van der Waals surface area contributed by atoms with Gasteiger partial charge in [0.2, 0.25) is 5.75 Å². The number of hydrazine groups is 1. The fourth-order valence-electron chi connectivity index (χ4n) is 2.52. The summed E-state index contributed by atoms with van der Waals surface area (Å²) in [5, 5.41) is 1.04. The van der Waals surface area contributed by atoms with E-state index in [9.17, 15) is 9.59 Å². The van der Waals surface area contributed by atoms with Crippen LogP contribution in [0.3, 0.4) is 0 Å². The van der Waals surface area contributed by atoms with Gasteiger partial charge >= 0.3 is 0 Å². The number of methoxy groups -OCH3 is 3. The van der Waals surface area contributed by atoms with Crippen molar-refractivity contribution in [1.82, 2.24) is 15.4 Å². The molecule has 2 amide bonds. The van der Waals surface area contributed by atoms with Crippen molar-refractivity contribution in [2.24, 2.45) is 0 Å². The highest BCUT2D eigenvalue weighted by molar-refractivity contribution is 8.26. The van der Waals surface area contributed by atoms with E-state index in [-0.39, 0.29) is 9.88 Å². The van der Waals surface area contributed by atoms with E-state index in [1.807, 2.05) is 12.1 Å². The zero-order chi connectivity index (χ0) is 20.3. The van der Waals surface area contributed by atoms with Crippen LogP contribution in [0.2, 0.25) is 0 Å². The lowest BCUT2D eigenvalue weighted by Crippen LogP contribution is -2.44. The first-order valence-electron chi connectivity index (χ1n) is 8.00. The van der Waals surface area contributed by atoms with E-state index >= 15 is 0 Å². The van der Waals surface area contributed by atoms with Crippen LogP contribution in [0, 0.1) is 0 Å². The number of nitrogens with zero attached hydrogens (tertiary/aromatic N) is 1. The summed E-state index contributed by atoms with van der Waals surface area (Å²) in [6, 6.07) is 6.62. The molecule has 0 spiro atoms. The molecule has 2 N–H and O–H groups in total. The molecule has 1 aromatic carbocycles. The van der Waals surface area contributed by atoms with Crippen LogP contribution in [0.1, 0.15) is 16.1 Å². The van der Waals surface area contributed by atoms with Crippen molar-refractivity contribution in [3.05, 3.63) is 46.6 Å². The van der Waals surface area contributed by atoms with Gasteiger partial charge in [-0.2, -0.15) is 5.01 Å². The van der Waals surface area contributed by atoms with Crippen LogP contribution in [0.25, 0.3) is 6.08 Å². The van der Waals surface area contributed by atoms with Crippen molar-refractivity contribution >= 4 is 46.2 Å². The summed E-state index contributed by atoms with van der Waals surface area (Å²) in [4.78, 5) is 28.7. The van der Waals surface area contributed by atoms with Crippen molar-refractivity contribution in [3.8, 4) is 17.2 Å². The van der Waals surface area contributed by atoms with Gasteiger partial charge < -0.3 is 19.2 Å². The fraction of sp³-hybridized carbons (Fsp3) is 0.167. The summed E-state index contributed by atoms with van der Waals surface area (Å²) in [6.07, 6.45) is 3.42. The normalized spacial score (nSPS) is 15.1. The predicted molar refractivity (Wildman–Crippen MR) is 109 cm³/mol. The standard InChI is InChI=1S/C18H17N3O5S2/c1-24-12-7-10(8-13(25-2)15(12)26-3)16(22)20-21-17(23)14(28-18(21)27)9-11-5-4-6-19-11/h4-9,19H,1-3H3,(H,20,22). The number of thioether (sulfide) groups is 1. The van der Waals surface area contributed by atoms with Gasteiger partial charge in [-0.15, -0.1) is 0 Å². The fourth-order valence-corrected chi connectivity index (χ4v) is 3.69. The topological polar surface area (TPSA) is 92.9 Å². The van der Waals surface area contributed by atoms with Crippen molar-refractivity contribution in [1.29, 1.82) is 0 Å². The number of thiocarbonyl (C=S) groups is 1. The van der Waals surface area contributed by atoms with Gasteiger partial charge in [-0.05, 0) is 42.6 Å². The van der Waals surface area contributed by atoms with Crippen LogP contribution in [0.15, 0.2) is 35.4 Å². The molecule has 3 rings (SSSR count). The molecule has 0 bridgehead atoms. The van der Waals surface area contributed by atoms with Gasteiger partial charge in [0, 0.05) is 17.5 Å². The van der Waals surface area contributed by atoms with Crippen LogP contribution in [0.4, 0.5) is 0 Å². The second-order valence-electron chi connectivity index (χ2n) is 5.50. The minimum atomic E-state index is -0.545. The van der Waals surface area contributed by atoms with Crippen LogP contribution in [-0.2, 0) is 4.79 Å². The van der Waals surface area contributed by atoms with Crippen LogP contribution < -0.4 is 19.6 Å². The van der Waals surface area contributed by atoms with Gasteiger partial charge in [-0.1, -0.05) is 11.8 Å². The van der Waals surface area contributed by atoms with Gasteiger partial charge in [-0.3, -0.25) is 15.0 Å². The summed E-state index contributed by atoms with van der Waals surface area (Å²) >= 11 is 6.33. The molecule has 0 saturated carbocycles. The Bertz CT molecular complexity index is 931. The summed E-state index contributed by atoms with van der Waals surface area (Å²) in [6.45, 7) is 0. The number of benzene rings is 1. The lowest BCUT2D eigenvalue weighted by molar-refractivity contribution is -0.123. The van der Waals surface area contributed by atoms with Gasteiger partial charge in [0.05, 0.1) is 26.2 Å². The van der Waals surface area contributed by atoms with Crippen molar-refractivity contribution in [2.45, 2.75) is 0 Å². The monoisotopic (exact) mass is 419 g/mol. The first-order valence-corrected chi connectivity index (χ1v) is 9.23. The zero-order valence-electron chi connectivity index (χ0n) is 15.3. The molecule has 0 unspecified atom stereocenters. The number of hydrogen-bond acceptors (Lipinski definition) is 7. The molecule has 1 aliphatic rings. The third-order valence-electron chi connectivity index (χ3n) is 3.84. The van der Waals surface area contributed by atoms with E-state index in [0.717, 1.165) is 22.5 Å². The van der Waals surface area contributed by atoms with Gasteiger partial charge in [-0.25, -0.2) is 0 Å². The minimum absolute atomic E-state index is 0.219. The Morgan fingerprint density at radius 1 is 1.21 bits per heavy atom. The van der Waals surface area contributed by atoms with Crippen molar-refractivity contribution in [3.63, 3.8) is 0 Å². The molecule has 1 fully saturated rings. The molecule has 2 aromatic rings. The first-order chi connectivity index (χ1) is 13.5. The Balaban J connectivity index is 1.83. The lowest BCUT2D eigenvalue weighted by Gasteiger charge is -2.17. The number of ether oxygens (including phenoxy) is 3. The Morgan fingerprint density at radius 3 is 2.43 bits per heavy atom. The van der Waals surface area contributed by atoms with Crippen molar-refractivity contribution < 1.29 is 23.8 Å². The van der Waals surface area contributed by atoms with Gasteiger partial charge in [0.15, 0.2) is 15.8 Å². The number of H-pyrrole nitrogens is 1. The molecule has 1 saturated heterocycles. The molecule has 8 nitrogen and oxygen atoms in total. The molecular weight excluding hydrogens is 402 g/mol. The van der Waals surface area contributed by atoms with Gasteiger partial charge in [0.25, 0.3) is 11.8 Å². The largest absolute Gasteiger partial charge is 0.493 e. The third kappa shape index (κ3) is 3.82. The zero-order valence-corrected chi connectivity index (χ0v) is 16.9. The molecule has 0 atom stereocenters. The quantitative estimate of drug-likeness (QED) is 0.549. The van der Waals surface area contributed by atoms with E-state index in [0.29, 0.717) is 22.2 Å². The Hall–Kier alpha value is -2.98. The molecule has 0 aliphatic carbocycles. The predicted octanol–water partition coefficient (Wildman–Crippen LogP) is 2.59. The maximum Gasteiger partial charge on any atom is 0.285 e. The molecule has 0 radical (unpaired) electrons. The molecule has 10 heteroatoms. The minimum Gasteiger partial charge on any atom is -0.493 e. The van der Waals surface area contributed by atoms with E-state index in [1.165, 1.54) is 33.5 Å². The van der Waals surface area contributed by atoms with Crippen molar-refractivity contribution in [2.75, 3.05) is 21.3 Å². The van der Waals surface area contributed by atoms with E-state index in [1.54, 1.807) is 12.3 Å². The van der Waals surface area contributed by atoms with Crippen LogP contribution in [0.5, 0.6) is 17.2 Å². The van der Waals surface area contributed by atoms with E-state index in [4.69, 9.17) is 26.4 Å². The highest BCUT2D eigenvalue weighted by Gasteiger charge is 2.34. The number of aromatic amines is 1. The highest BCUT2D eigenvalue weighted by atomic mass is 32.2. The lowest BCUT2D eigenvalue weighted by atomic mass is 10.1. The molecule has 146 valence electrons. The second kappa shape index (κ2) is 8.36. The smallest absolute Gasteiger partial charge is 0.285 e. The van der Waals surface area contributed by atoms with E-state index < -0.39 is 11.8 Å². The molecule has 28 heavy (non-hydrogen) atoms. The number of hydrogen-bond donors (Lipinski definition) is 2. The summed E-state index contributed by atoms with van der Waals surface area (Å²) < 4.78 is 16.0. The number of carbonyl (C=O) groups is 2. The SMILES string of the molecule is COc1cc(C(=O)NN2C(=O)C(=Cc3ccc[nH]3)SC2=S)cc(OC)c1OC. The number of amides is 2. The molecule has 2 heterocycles. The average molecular weight is 419 g/mol. The number of nitrogens with one attached hydrogen (secondary N) is 2. The summed E-state index contributed by atoms with van der Waals surface area (Å²) in [7, 11) is 4.37. The molecule has 1 aliphatic heterocycles. The molecule has 1 aromatic heterocycles. The van der Waals surface area contributed by atoms with E-state index in [2.05, 4.69) is 10.4 Å². The number of aromatic nitrogens is 1. The van der Waals surface area contributed by atoms with Crippen LogP contribution >= 0.6 is 24.0 Å². The molecular formula is C18H17N3O5S2. The Morgan fingerprint density at radius 2 is 1.89 bits per heavy atom. The average Bonchev–Trinajstić information content (AvgIpc) is 3.30. The Labute approximate surface area is 170 Å². The highest BCUT2D eigenvalue weighted by Crippen LogP contribution is 2.38. The maximum atomic E-state index is 12.7. The third-order valence-corrected chi connectivity index (χ3v) is 5.14. The second-order valence-corrected chi connectivity index (χ2v) is 7.17.